The number of nitrogen functional groups attached to an aromatic ring is 1. The van der Waals surface area contributed by atoms with Crippen LogP contribution >= 0.6 is 0 Å². The van der Waals surface area contributed by atoms with Gasteiger partial charge in [-0.3, -0.25) is 4.98 Å². The van der Waals surface area contributed by atoms with Gasteiger partial charge >= 0.3 is 0 Å². The summed E-state index contributed by atoms with van der Waals surface area (Å²) in [4.78, 5) is 12.8. The van der Waals surface area contributed by atoms with Crippen LogP contribution < -0.4 is 11.1 Å². The molecule has 0 fully saturated rings. The lowest BCUT2D eigenvalue weighted by Crippen LogP contribution is -2.02. The third kappa shape index (κ3) is 2.93. The fraction of sp³-hybridized carbons (Fsp3) is 0. The quantitative estimate of drug-likeness (QED) is 0.768. The van der Waals surface area contributed by atoms with Crippen molar-refractivity contribution in [2.75, 3.05) is 11.1 Å². The number of benzene rings is 1. The van der Waals surface area contributed by atoms with Crippen LogP contribution in [0.2, 0.25) is 0 Å². The van der Waals surface area contributed by atoms with Gasteiger partial charge in [-0.1, -0.05) is 30.9 Å². The maximum atomic E-state index is 6.01. The first kappa shape index (κ1) is 13.8. The van der Waals surface area contributed by atoms with Crippen LogP contribution in [0.3, 0.4) is 0 Å². The molecule has 0 saturated carbocycles. The molecule has 3 rings (SSSR count). The number of pyridine rings is 1. The van der Waals surface area contributed by atoms with E-state index in [1.807, 2.05) is 42.5 Å². The third-order valence-corrected chi connectivity index (χ3v) is 3.16. The summed E-state index contributed by atoms with van der Waals surface area (Å²) >= 11 is 0. The van der Waals surface area contributed by atoms with E-state index in [-0.39, 0.29) is 0 Å². The zero-order valence-corrected chi connectivity index (χ0v) is 11.9. The van der Waals surface area contributed by atoms with Crippen molar-refractivity contribution in [2.45, 2.75) is 0 Å². The van der Waals surface area contributed by atoms with E-state index < -0.39 is 0 Å². The zero-order chi connectivity index (χ0) is 15.4. The molecule has 0 atom stereocenters. The Hall–Kier alpha value is -3.21. The minimum Gasteiger partial charge on any atom is -0.383 e. The SMILES string of the molecule is C=Cc1ccc(Nc2ncc(-c3ccccn3)c(N)n2)cc1. The van der Waals surface area contributed by atoms with Crippen molar-refractivity contribution in [3.8, 4) is 11.3 Å². The van der Waals surface area contributed by atoms with Gasteiger partial charge in [0.2, 0.25) is 5.95 Å². The van der Waals surface area contributed by atoms with Gasteiger partial charge in [0.15, 0.2) is 0 Å². The first-order valence-corrected chi connectivity index (χ1v) is 6.80. The van der Waals surface area contributed by atoms with Crippen LogP contribution in [0.4, 0.5) is 17.5 Å². The van der Waals surface area contributed by atoms with Gasteiger partial charge in [-0.05, 0) is 29.8 Å². The molecule has 0 radical (unpaired) electrons. The Morgan fingerprint density at radius 1 is 1.05 bits per heavy atom. The average Bonchev–Trinajstić information content (AvgIpc) is 2.56. The Morgan fingerprint density at radius 2 is 1.86 bits per heavy atom. The van der Waals surface area contributed by atoms with Gasteiger partial charge in [-0.15, -0.1) is 0 Å². The molecule has 22 heavy (non-hydrogen) atoms. The molecule has 0 bridgehead atoms. The Morgan fingerprint density at radius 3 is 2.50 bits per heavy atom. The fourth-order valence-electron chi connectivity index (χ4n) is 2.01. The molecule has 0 saturated heterocycles. The summed E-state index contributed by atoms with van der Waals surface area (Å²) in [5.41, 5.74) is 9.41. The van der Waals surface area contributed by atoms with E-state index in [1.54, 1.807) is 18.5 Å². The van der Waals surface area contributed by atoms with Gasteiger partial charge in [0.1, 0.15) is 5.82 Å². The molecule has 0 spiro atoms. The van der Waals surface area contributed by atoms with Crippen LogP contribution in [0.5, 0.6) is 0 Å². The van der Waals surface area contributed by atoms with E-state index in [2.05, 4.69) is 26.8 Å². The van der Waals surface area contributed by atoms with Crippen molar-refractivity contribution < 1.29 is 0 Å². The third-order valence-electron chi connectivity index (χ3n) is 3.16. The molecular formula is C17H15N5. The van der Waals surface area contributed by atoms with E-state index in [9.17, 15) is 0 Å². The molecule has 1 aromatic carbocycles. The molecule has 5 nitrogen and oxygen atoms in total. The molecule has 0 aliphatic heterocycles. The summed E-state index contributed by atoms with van der Waals surface area (Å²) in [6, 6.07) is 13.4. The molecule has 3 aromatic rings. The van der Waals surface area contributed by atoms with Crippen molar-refractivity contribution in [1.82, 2.24) is 15.0 Å². The van der Waals surface area contributed by atoms with Crippen molar-refractivity contribution >= 4 is 23.5 Å². The summed E-state index contributed by atoms with van der Waals surface area (Å²) in [6.45, 7) is 3.73. The van der Waals surface area contributed by atoms with Crippen molar-refractivity contribution in [2.24, 2.45) is 0 Å². The number of rotatable bonds is 4. The van der Waals surface area contributed by atoms with Crippen LogP contribution in [0, 0.1) is 0 Å². The molecule has 0 unspecified atom stereocenters. The standard InChI is InChI=1S/C17H15N5/c1-2-12-6-8-13(9-7-12)21-17-20-11-14(16(18)22-17)15-5-3-4-10-19-15/h2-11H,1H2,(H3,18,20,21,22). The van der Waals surface area contributed by atoms with Crippen LogP contribution in [-0.2, 0) is 0 Å². The highest BCUT2D eigenvalue weighted by Gasteiger charge is 2.07. The van der Waals surface area contributed by atoms with Crippen LogP contribution in [0.25, 0.3) is 17.3 Å². The molecule has 0 aliphatic carbocycles. The number of nitrogens with one attached hydrogen (secondary N) is 1. The fourth-order valence-corrected chi connectivity index (χ4v) is 2.01. The lowest BCUT2D eigenvalue weighted by Gasteiger charge is -2.08. The lowest BCUT2D eigenvalue weighted by atomic mass is 10.2. The monoisotopic (exact) mass is 289 g/mol. The van der Waals surface area contributed by atoms with Crippen LogP contribution in [0.15, 0.2) is 61.4 Å². The van der Waals surface area contributed by atoms with Gasteiger partial charge in [0.25, 0.3) is 0 Å². The summed E-state index contributed by atoms with van der Waals surface area (Å²) in [5.74, 6) is 0.836. The van der Waals surface area contributed by atoms with Crippen molar-refractivity contribution in [3.05, 3.63) is 67.0 Å². The highest BCUT2D eigenvalue weighted by Crippen LogP contribution is 2.23. The first-order valence-electron chi connectivity index (χ1n) is 6.80. The Balaban J connectivity index is 1.84. The predicted molar refractivity (Wildman–Crippen MR) is 89.5 cm³/mol. The van der Waals surface area contributed by atoms with Gasteiger partial charge in [0.05, 0.1) is 11.3 Å². The summed E-state index contributed by atoms with van der Waals surface area (Å²) < 4.78 is 0. The molecule has 2 aromatic heterocycles. The minimum absolute atomic E-state index is 0.388. The molecule has 5 heteroatoms. The maximum absolute atomic E-state index is 6.01. The zero-order valence-electron chi connectivity index (χ0n) is 11.9. The van der Waals surface area contributed by atoms with Gasteiger partial charge in [-0.2, -0.15) is 4.98 Å². The summed E-state index contributed by atoms with van der Waals surface area (Å²) in [5, 5.41) is 3.12. The van der Waals surface area contributed by atoms with Gasteiger partial charge < -0.3 is 11.1 Å². The van der Waals surface area contributed by atoms with Gasteiger partial charge in [0, 0.05) is 18.1 Å². The van der Waals surface area contributed by atoms with Gasteiger partial charge in [-0.25, -0.2) is 4.98 Å². The lowest BCUT2D eigenvalue weighted by molar-refractivity contribution is 1.17. The number of aromatic nitrogens is 3. The van der Waals surface area contributed by atoms with Crippen LogP contribution in [-0.4, -0.2) is 15.0 Å². The van der Waals surface area contributed by atoms with E-state index in [4.69, 9.17) is 5.73 Å². The summed E-state index contributed by atoms with van der Waals surface area (Å²) in [6.07, 6.45) is 5.17. The molecule has 0 aliphatic rings. The first-order chi connectivity index (χ1) is 10.8. The van der Waals surface area contributed by atoms with E-state index in [1.165, 1.54) is 0 Å². The molecular weight excluding hydrogens is 274 g/mol. The topological polar surface area (TPSA) is 76.7 Å². The summed E-state index contributed by atoms with van der Waals surface area (Å²) in [7, 11) is 0. The Bertz CT molecular complexity index is 782. The number of nitrogens with zero attached hydrogens (tertiary/aromatic N) is 3. The van der Waals surface area contributed by atoms with E-state index >= 15 is 0 Å². The van der Waals surface area contributed by atoms with E-state index in [0.717, 1.165) is 16.9 Å². The Kier molecular flexibility index (Phi) is 3.78. The maximum Gasteiger partial charge on any atom is 0.229 e. The average molecular weight is 289 g/mol. The molecule has 108 valence electrons. The second kappa shape index (κ2) is 6.05. The largest absolute Gasteiger partial charge is 0.383 e. The predicted octanol–water partition coefficient (Wildman–Crippen LogP) is 3.51. The normalized spacial score (nSPS) is 10.2. The second-order valence-electron chi connectivity index (χ2n) is 4.66. The number of anilines is 3. The number of nitrogens with two attached hydrogens (primary N) is 1. The highest BCUT2D eigenvalue weighted by molar-refractivity contribution is 5.71. The molecule has 2 heterocycles. The van der Waals surface area contributed by atoms with Crippen molar-refractivity contribution in [1.29, 1.82) is 0 Å². The van der Waals surface area contributed by atoms with E-state index in [0.29, 0.717) is 17.3 Å². The minimum atomic E-state index is 0.388. The Labute approximate surface area is 128 Å². The van der Waals surface area contributed by atoms with Crippen molar-refractivity contribution in [3.63, 3.8) is 0 Å². The van der Waals surface area contributed by atoms with Crippen LogP contribution in [0.1, 0.15) is 5.56 Å². The second-order valence-corrected chi connectivity index (χ2v) is 4.66. The number of hydrogen-bond donors (Lipinski definition) is 2. The molecule has 0 amide bonds. The smallest absolute Gasteiger partial charge is 0.229 e. The highest BCUT2D eigenvalue weighted by atomic mass is 15.1. The molecule has 3 N–H and O–H groups in total. The number of hydrogen-bond acceptors (Lipinski definition) is 5.